The van der Waals surface area contributed by atoms with Crippen molar-refractivity contribution >= 4 is 95.4 Å². The molecule has 0 aliphatic carbocycles. The topological polar surface area (TPSA) is 66.8 Å². The first-order valence-electron chi connectivity index (χ1n) is 3.41. The Hall–Kier alpha value is 1.62. The molecule has 0 unspecified atom stereocenters. The van der Waals surface area contributed by atoms with Crippen LogP contribution in [-0.2, 0) is 4.57 Å². The van der Waals surface area contributed by atoms with Gasteiger partial charge in [0.15, 0.2) is 5.75 Å². The van der Waals surface area contributed by atoms with E-state index >= 15 is 0 Å². The third kappa shape index (κ3) is 4.59. The van der Waals surface area contributed by atoms with Gasteiger partial charge in [0.25, 0.3) is 0 Å². The molecular formula is C6H3Cl5NaO4P. The molecule has 0 bridgehead atoms. The van der Waals surface area contributed by atoms with Gasteiger partial charge in [0.05, 0.1) is 15.1 Å². The average Bonchev–Trinajstić information content (AvgIpc) is 2.17. The molecule has 0 spiro atoms. The SMILES string of the molecule is O=P(O)(O)Oc1c(Cl)c(Cl)c(Cl)c(Cl)c1Cl.[NaH]. The number of benzene rings is 1. The van der Waals surface area contributed by atoms with E-state index in [1.54, 1.807) is 0 Å². The van der Waals surface area contributed by atoms with Crippen LogP contribution in [0.3, 0.4) is 0 Å². The van der Waals surface area contributed by atoms with Crippen LogP contribution in [0.15, 0.2) is 0 Å². The molecule has 0 aliphatic rings. The van der Waals surface area contributed by atoms with Gasteiger partial charge in [-0.05, 0) is 0 Å². The maximum atomic E-state index is 10.6. The summed E-state index contributed by atoms with van der Waals surface area (Å²) in [4.78, 5) is 17.2. The van der Waals surface area contributed by atoms with Gasteiger partial charge in [-0.25, -0.2) is 4.57 Å². The van der Waals surface area contributed by atoms with Crippen LogP contribution in [0.4, 0.5) is 0 Å². The van der Waals surface area contributed by atoms with E-state index in [0.717, 1.165) is 0 Å². The summed E-state index contributed by atoms with van der Waals surface area (Å²) in [5, 5.41) is -1.20. The first kappa shape index (κ1) is 18.6. The van der Waals surface area contributed by atoms with E-state index in [4.69, 9.17) is 67.8 Å². The minimum absolute atomic E-state index is 0. The molecule has 1 rings (SSSR count). The van der Waals surface area contributed by atoms with E-state index < -0.39 is 13.6 Å². The molecule has 0 heterocycles. The van der Waals surface area contributed by atoms with Crippen molar-refractivity contribution in [2.24, 2.45) is 0 Å². The third-order valence-corrected chi connectivity index (χ3v) is 4.04. The van der Waals surface area contributed by atoms with Crippen LogP contribution in [0.5, 0.6) is 5.75 Å². The van der Waals surface area contributed by atoms with E-state index in [0.29, 0.717) is 0 Å². The van der Waals surface area contributed by atoms with Crippen LogP contribution >= 0.6 is 65.8 Å². The second-order valence-electron chi connectivity index (χ2n) is 2.48. The molecule has 4 nitrogen and oxygen atoms in total. The van der Waals surface area contributed by atoms with Crippen molar-refractivity contribution in [1.82, 2.24) is 0 Å². The monoisotopic (exact) mass is 368 g/mol. The number of hydrogen-bond acceptors (Lipinski definition) is 2. The van der Waals surface area contributed by atoms with E-state index in [9.17, 15) is 4.57 Å². The van der Waals surface area contributed by atoms with Gasteiger partial charge in [-0.3, -0.25) is 9.79 Å². The Kier molecular flexibility index (Phi) is 7.52. The van der Waals surface area contributed by atoms with Crippen molar-refractivity contribution in [3.63, 3.8) is 0 Å². The predicted molar refractivity (Wildman–Crippen MR) is 71.3 cm³/mol. The zero-order valence-electron chi connectivity index (χ0n) is 7.05. The van der Waals surface area contributed by atoms with Crippen LogP contribution < -0.4 is 4.52 Å². The van der Waals surface area contributed by atoms with Gasteiger partial charge in [-0.2, -0.15) is 0 Å². The van der Waals surface area contributed by atoms with Gasteiger partial charge in [0, 0.05) is 0 Å². The van der Waals surface area contributed by atoms with Crippen molar-refractivity contribution in [2.45, 2.75) is 0 Å². The van der Waals surface area contributed by atoms with Gasteiger partial charge in [0.2, 0.25) is 0 Å². The normalized spacial score (nSPS) is 11.0. The maximum absolute atomic E-state index is 10.6. The van der Waals surface area contributed by atoms with Gasteiger partial charge in [0.1, 0.15) is 10.0 Å². The molecule has 1 aromatic rings. The van der Waals surface area contributed by atoms with Crippen LogP contribution in [0, 0.1) is 0 Å². The Morgan fingerprint density at radius 3 is 1.41 bits per heavy atom. The number of halogens is 5. The second kappa shape index (κ2) is 6.87. The fourth-order valence-corrected chi connectivity index (χ4v) is 2.51. The summed E-state index contributed by atoms with van der Waals surface area (Å²) < 4.78 is 14.9. The van der Waals surface area contributed by atoms with Gasteiger partial charge in [-0.1, -0.05) is 58.0 Å². The molecule has 0 amide bonds. The van der Waals surface area contributed by atoms with E-state index in [2.05, 4.69) is 4.52 Å². The van der Waals surface area contributed by atoms with Crippen molar-refractivity contribution in [1.29, 1.82) is 0 Å². The standard InChI is InChI=1S/C6H2Cl5O4P.Na.H/c7-1-2(8)4(10)6(5(11)3(1)9)15-16(12,13)14;;/h(H2,12,13,14);;. The molecule has 0 aromatic heterocycles. The number of hydrogen-bond donors (Lipinski definition) is 2. The van der Waals surface area contributed by atoms with Gasteiger partial charge < -0.3 is 4.52 Å². The Bertz CT molecular complexity index is 461. The number of rotatable bonds is 2. The molecule has 17 heavy (non-hydrogen) atoms. The minimum atomic E-state index is -4.83. The molecular weight excluding hydrogens is 367 g/mol. The Balaban J connectivity index is 0.00000256. The number of phosphoric ester groups is 1. The van der Waals surface area contributed by atoms with E-state index in [-0.39, 0.29) is 54.7 Å². The van der Waals surface area contributed by atoms with E-state index in [1.165, 1.54) is 0 Å². The molecule has 0 radical (unpaired) electrons. The van der Waals surface area contributed by atoms with Gasteiger partial charge in [-0.15, -0.1) is 0 Å². The van der Waals surface area contributed by atoms with Crippen molar-refractivity contribution < 1.29 is 18.9 Å². The quantitative estimate of drug-likeness (QED) is 0.360. The summed E-state index contributed by atoms with van der Waals surface area (Å²) in [5.74, 6) is -0.518. The Morgan fingerprint density at radius 1 is 0.824 bits per heavy atom. The van der Waals surface area contributed by atoms with Crippen LogP contribution in [0.25, 0.3) is 0 Å². The summed E-state index contributed by atoms with van der Waals surface area (Å²) in [7, 11) is -4.83. The molecule has 92 valence electrons. The molecule has 11 heteroatoms. The summed E-state index contributed by atoms with van der Waals surface area (Å²) in [5.41, 5.74) is 0. The molecule has 0 saturated heterocycles. The molecule has 0 atom stereocenters. The van der Waals surface area contributed by atoms with Crippen molar-refractivity contribution in [2.75, 3.05) is 0 Å². The molecule has 2 N–H and O–H groups in total. The van der Waals surface area contributed by atoms with E-state index in [1.807, 2.05) is 0 Å². The molecule has 0 fully saturated rings. The Morgan fingerprint density at radius 2 is 1.12 bits per heavy atom. The fourth-order valence-electron chi connectivity index (χ4n) is 0.784. The predicted octanol–water partition coefficient (Wildman–Crippen LogP) is 3.78. The third-order valence-electron chi connectivity index (χ3n) is 1.38. The summed E-state index contributed by atoms with van der Waals surface area (Å²) >= 11 is 28.3. The average molecular weight is 370 g/mol. The van der Waals surface area contributed by atoms with Crippen molar-refractivity contribution in [3.05, 3.63) is 25.1 Å². The molecule has 0 saturated carbocycles. The first-order chi connectivity index (χ1) is 7.15. The van der Waals surface area contributed by atoms with Gasteiger partial charge >= 0.3 is 37.4 Å². The number of phosphoric acid groups is 1. The summed E-state index contributed by atoms with van der Waals surface area (Å²) in [6.45, 7) is 0. The van der Waals surface area contributed by atoms with Crippen LogP contribution in [0.2, 0.25) is 25.1 Å². The molecule has 1 aromatic carbocycles. The zero-order valence-corrected chi connectivity index (χ0v) is 11.7. The second-order valence-corrected chi connectivity index (χ2v) is 5.53. The van der Waals surface area contributed by atoms with Crippen LogP contribution in [-0.4, -0.2) is 39.3 Å². The zero-order chi connectivity index (χ0) is 12.7. The summed E-state index contributed by atoms with van der Waals surface area (Å²) in [6.07, 6.45) is 0. The fraction of sp³-hybridized carbons (Fsp3) is 0. The summed E-state index contributed by atoms with van der Waals surface area (Å²) in [6, 6.07) is 0. The first-order valence-corrected chi connectivity index (χ1v) is 6.83. The van der Waals surface area contributed by atoms with Crippen molar-refractivity contribution in [3.8, 4) is 5.75 Å². The van der Waals surface area contributed by atoms with Crippen LogP contribution in [0.1, 0.15) is 0 Å². The Labute approximate surface area is 144 Å². The molecule has 0 aliphatic heterocycles.